The van der Waals surface area contributed by atoms with Gasteiger partial charge in [0.05, 0.1) is 72.1 Å². The molecule has 3 aliphatic heterocycles. The lowest BCUT2D eigenvalue weighted by Crippen LogP contribution is -2.47. The fourth-order valence-corrected chi connectivity index (χ4v) is 10.1. The molecule has 10 rings (SSSR count). The zero-order valence-electron chi connectivity index (χ0n) is 37.3. The number of morpholine rings is 1. The first-order valence-electron chi connectivity index (χ1n) is 23.3. The topological polar surface area (TPSA) is 175 Å². The van der Waals surface area contributed by atoms with E-state index < -0.39 is 36.2 Å². The summed E-state index contributed by atoms with van der Waals surface area (Å²) in [4.78, 5) is 47.1. The highest BCUT2D eigenvalue weighted by atomic mass is 19.3. The molecule has 2 saturated carbocycles. The smallest absolute Gasteiger partial charge is 0.284 e. The van der Waals surface area contributed by atoms with Crippen LogP contribution in [0.1, 0.15) is 110 Å². The summed E-state index contributed by atoms with van der Waals surface area (Å²) >= 11 is 0. The average Bonchev–Trinajstić information content (AvgIpc) is 3.75. The van der Waals surface area contributed by atoms with Crippen molar-refractivity contribution in [3.8, 4) is 11.8 Å². The van der Waals surface area contributed by atoms with Crippen LogP contribution in [0.3, 0.4) is 0 Å². The Morgan fingerprint density at radius 1 is 1.03 bits per heavy atom. The number of imide groups is 1. The van der Waals surface area contributed by atoms with Crippen LogP contribution in [0, 0.1) is 17.8 Å². The van der Waals surface area contributed by atoms with Gasteiger partial charge in [0.25, 0.3) is 12.3 Å². The number of para-hydroxylation sites is 1. The highest BCUT2D eigenvalue weighted by molar-refractivity contribution is 6.08. The first-order chi connectivity index (χ1) is 32.6. The molecule has 2 N–H and O–H groups in total. The number of nitrogens with zero attached hydrogens (tertiary/aromatic N) is 9. The normalized spacial score (nSPS) is 25.1. The quantitative estimate of drug-likeness (QED) is 0.114. The zero-order valence-corrected chi connectivity index (χ0v) is 37.3. The molecule has 4 atom stereocenters. The molecule has 1 unspecified atom stereocenters. The Kier molecular flexibility index (Phi) is 13.0. The molecule has 354 valence electrons. The van der Waals surface area contributed by atoms with Gasteiger partial charge in [-0.05, 0) is 69.4 Å². The summed E-state index contributed by atoms with van der Waals surface area (Å²) in [6.45, 7) is 3.85. The van der Waals surface area contributed by atoms with Crippen molar-refractivity contribution >= 4 is 45.8 Å². The maximum absolute atomic E-state index is 15.6. The predicted molar refractivity (Wildman–Crippen MR) is 239 cm³/mol. The number of likely N-dealkylation sites (tertiary alicyclic amines) is 1. The minimum absolute atomic E-state index is 0.0581. The number of nitrogens with one attached hydrogen (secondary N) is 2. The molecule has 17 nitrogen and oxygen atoms in total. The third-order valence-corrected chi connectivity index (χ3v) is 13.7. The average molecular weight is 926 g/mol. The monoisotopic (exact) mass is 925 g/mol. The number of piperidine rings is 2. The van der Waals surface area contributed by atoms with Gasteiger partial charge >= 0.3 is 0 Å². The van der Waals surface area contributed by atoms with Crippen LogP contribution in [0.4, 0.5) is 24.7 Å². The van der Waals surface area contributed by atoms with E-state index in [1.165, 1.54) is 16.9 Å². The Labute approximate surface area is 384 Å². The number of ether oxygens (including phenoxy) is 3. The van der Waals surface area contributed by atoms with Crippen molar-refractivity contribution in [3.63, 3.8) is 0 Å². The minimum Gasteiger partial charge on any atom is -0.382 e. The fourth-order valence-electron chi connectivity index (χ4n) is 10.1. The van der Waals surface area contributed by atoms with E-state index in [2.05, 4.69) is 37.6 Å². The van der Waals surface area contributed by atoms with E-state index in [1.54, 1.807) is 24.1 Å². The van der Waals surface area contributed by atoms with Crippen LogP contribution in [0.2, 0.25) is 0 Å². The number of carbonyl (C=O) groups is 3. The van der Waals surface area contributed by atoms with Crippen molar-refractivity contribution in [2.45, 2.75) is 101 Å². The number of alkyl halides is 3. The van der Waals surface area contributed by atoms with Gasteiger partial charge in [0.2, 0.25) is 11.8 Å². The van der Waals surface area contributed by atoms with Crippen molar-refractivity contribution in [3.05, 3.63) is 65.4 Å². The molecule has 4 aromatic heterocycles. The Balaban J connectivity index is 0.711. The van der Waals surface area contributed by atoms with Gasteiger partial charge in [-0.15, -0.1) is 0 Å². The Morgan fingerprint density at radius 3 is 2.64 bits per heavy atom. The van der Waals surface area contributed by atoms with Gasteiger partial charge < -0.3 is 24.4 Å². The molecule has 0 bridgehead atoms. The van der Waals surface area contributed by atoms with Gasteiger partial charge in [0, 0.05) is 64.0 Å². The second kappa shape index (κ2) is 19.4. The summed E-state index contributed by atoms with van der Waals surface area (Å²) in [6, 6.07) is 7.68. The molecule has 5 aliphatic rings. The number of hydrogen-bond donors (Lipinski definition) is 2. The van der Waals surface area contributed by atoms with Crippen molar-refractivity contribution in [1.82, 2.24) is 44.4 Å². The van der Waals surface area contributed by atoms with Crippen LogP contribution in [0.25, 0.3) is 16.6 Å². The molecular formula is C47H54F3N11O6. The third kappa shape index (κ3) is 9.64. The van der Waals surface area contributed by atoms with Crippen LogP contribution >= 0.6 is 0 Å². The molecule has 20 heteroatoms. The van der Waals surface area contributed by atoms with E-state index in [0.29, 0.717) is 81.6 Å². The number of hydrogen-bond acceptors (Lipinski definition) is 12. The molecule has 1 aromatic carbocycles. The number of amides is 3. The maximum Gasteiger partial charge on any atom is 0.284 e. The minimum atomic E-state index is -2.91. The van der Waals surface area contributed by atoms with Gasteiger partial charge in [-0.25, -0.2) is 22.7 Å². The third-order valence-electron chi connectivity index (χ3n) is 13.7. The zero-order chi connectivity index (χ0) is 46.2. The van der Waals surface area contributed by atoms with Crippen molar-refractivity contribution in [2.24, 2.45) is 5.92 Å². The van der Waals surface area contributed by atoms with E-state index in [1.807, 2.05) is 27.8 Å². The molecular weight excluding hydrogens is 872 g/mol. The van der Waals surface area contributed by atoms with Gasteiger partial charge in [0.15, 0.2) is 11.3 Å². The first-order valence-corrected chi connectivity index (χ1v) is 23.3. The predicted octanol–water partition coefficient (Wildman–Crippen LogP) is 5.38. The maximum atomic E-state index is 15.6. The van der Waals surface area contributed by atoms with E-state index in [-0.39, 0.29) is 60.8 Å². The van der Waals surface area contributed by atoms with Gasteiger partial charge in [-0.2, -0.15) is 15.3 Å². The van der Waals surface area contributed by atoms with E-state index in [4.69, 9.17) is 24.3 Å². The van der Waals surface area contributed by atoms with E-state index in [9.17, 15) is 23.2 Å². The highest BCUT2D eigenvalue weighted by Gasteiger charge is 2.36. The fraction of sp³-hybridized carbons (Fsp3) is 0.553. The highest BCUT2D eigenvalue weighted by Crippen LogP contribution is 2.41. The first kappa shape index (κ1) is 44.9. The summed E-state index contributed by atoms with van der Waals surface area (Å²) in [5, 5.41) is 19.4. The summed E-state index contributed by atoms with van der Waals surface area (Å²) in [6.07, 6.45) is 6.07. The number of carbonyl (C=O) groups excluding carboxylic acids is 3. The summed E-state index contributed by atoms with van der Waals surface area (Å²) in [5.41, 5.74) is 2.18. The number of aromatic nitrogens is 7. The van der Waals surface area contributed by atoms with Crippen LogP contribution in [-0.4, -0.2) is 135 Å². The van der Waals surface area contributed by atoms with Crippen LogP contribution in [-0.2, 0) is 23.8 Å². The summed E-state index contributed by atoms with van der Waals surface area (Å²) in [7, 11) is 1.62. The number of halogens is 3. The number of anilines is 2. The lowest BCUT2D eigenvalue weighted by Gasteiger charge is -2.38. The molecule has 0 radical (unpaired) electrons. The number of rotatable bonds is 13. The Hall–Kier alpha value is -5.88. The van der Waals surface area contributed by atoms with Crippen molar-refractivity contribution in [2.75, 3.05) is 69.9 Å². The van der Waals surface area contributed by atoms with E-state index in [0.717, 1.165) is 48.7 Å². The summed E-state index contributed by atoms with van der Waals surface area (Å²) < 4.78 is 66.3. The molecule has 5 aromatic rings. The molecule has 0 spiro atoms. The second-order valence-corrected chi connectivity index (χ2v) is 18.3. The van der Waals surface area contributed by atoms with Crippen molar-refractivity contribution < 1.29 is 41.8 Å². The Bertz CT molecular complexity index is 2700. The Morgan fingerprint density at radius 2 is 1.87 bits per heavy atom. The molecule has 3 saturated heterocycles. The van der Waals surface area contributed by atoms with Crippen LogP contribution in [0.5, 0.6) is 0 Å². The van der Waals surface area contributed by atoms with Crippen LogP contribution < -0.4 is 15.5 Å². The SMILES string of the molecule is COC[C@@H]1CN(c2ccn3ncc(C(=O)Nc4cn(C5CCC(CN6CC[C@H](OCC#Cc7cccc8c(C9CCC(=O)NC9=O)nn(C9CC9)c78)[C@H](F)C6)CC5)nc4C(F)F)c3n2)CCO1. The van der Waals surface area contributed by atoms with Gasteiger partial charge in [-0.3, -0.25) is 34.0 Å². The summed E-state index contributed by atoms with van der Waals surface area (Å²) in [5.74, 6) is 5.56. The molecule has 5 fully saturated rings. The molecule has 67 heavy (non-hydrogen) atoms. The molecule has 3 amide bonds. The van der Waals surface area contributed by atoms with Gasteiger partial charge in [-0.1, -0.05) is 24.0 Å². The van der Waals surface area contributed by atoms with Crippen molar-refractivity contribution in [1.29, 1.82) is 0 Å². The lowest BCUT2D eigenvalue weighted by molar-refractivity contribution is -0.134. The molecule has 7 heterocycles. The lowest BCUT2D eigenvalue weighted by atomic mass is 9.85. The number of fused-ring (bicyclic) bond motifs is 2. The second-order valence-electron chi connectivity index (χ2n) is 18.3. The van der Waals surface area contributed by atoms with Crippen LogP contribution in [0.15, 0.2) is 42.9 Å². The largest absolute Gasteiger partial charge is 0.382 e. The number of methoxy groups -OCH3 is 1. The number of benzene rings is 1. The standard InChI is InChI=1S/C47H54F3N11O6/c1-65-27-32-24-58(19-21-66-32)39-16-18-59-45(53-39)35(22-51-59)47(64)52-37-26-60(55-42(37)44(49)50)30-9-7-28(8-10-30)23-57-17-15-38(36(48)25-57)67-20-3-5-29-4-2-6-33-41(34-13-14-40(62)54-46(34)63)56-61(43(29)33)31-11-12-31/h2,4,6,16,18,22,26,28,30-32,34,36,38,44H,7-15,17,19-21,23-25,27H2,1H3,(H,52,64)(H,54,62,63)/t28?,30?,32-,34?,36+,38-/m0/s1. The molecule has 2 aliphatic carbocycles. The van der Waals surface area contributed by atoms with E-state index >= 15 is 4.39 Å². The van der Waals surface area contributed by atoms with Gasteiger partial charge in [0.1, 0.15) is 24.2 Å².